The van der Waals surface area contributed by atoms with Gasteiger partial charge in [0.2, 0.25) is 11.8 Å². The van der Waals surface area contributed by atoms with Gasteiger partial charge in [0.1, 0.15) is 0 Å². The number of amides is 2. The number of rotatable bonds is 5. The highest BCUT2D eigenvalue weighted by atomic mass is 16.2. The Bertz CT molecular complexity index is 243. The summed E-state index contributed by atoms with van der Waals surface area (Å²) in [6.07, 6.45) is 2.53. The molecule has 86 valence electrons. The Hall–Kier alpha value is -1.10. The van der Waals surface area contributed by atoms with Crippen LogP contribution >= 0.6 is 0 Å². The van der Waals surface area contributed by atoms with E-state index in [2.05, 4.69) is 10.6 Å². The Labute approximate surface area is 89.8 Å². The summed E-state index contributed by atoms with van der Waals surface area (Å²) in [5, 5.41) is 5.57. The molecule has 0 aromatic heterocycles. The monoisotopic (exact) mass is 213 g/mol. The Balaban J connectivity index is 2.14. The van der Waals surface area contributed by atoms with E-state index in [0.717, 1.165) is 12.8 Å². The second-order valence-electron chi connectivity index (χ2n) is 3.98. The topological polar surface area (TPSA) is 84.2 Å². The summed E-state index contributed by atoms with van der Waals surface area (Å²) < 4.78 is 0. The summed E-state index contributed by atoms with van der Waals surface area (Å²) >= 11 is 0. The summed E-state index contributed by atoms with van der Waals surface area (Å²) in [5.74, 6) is 0.0324. The smallest absolute Gasteiger partial charge is 0.221 e. The molecule has 5 nitrogen and oxygen atoms in total. The quantitative estimate of drug-likeness (QED) is 0.576. The maximum absolute atomic E-state index is 11.3. The van der Waals surface area contributed by atoms with Crippen molar-refractivity contribution < 1.29 is 9.59 Å². The molecule has 0 radical (unpaired) electrons. The van der Waals surface area contributed by atoms with Crippen molar-refractivity contribution in [2.75, 3.05) is 6.54 Å². The van der Waals surface area contributed by atoms with Crippen LogP contribution in [0.5, 0.6) is 0 Å². The fourth-order valence-electron chi connectivity index (χ4n) is 1.52. The van der Waals surface area contributed by atoms with Gasteiger partial charge in [-0.2, -0.15) is 0 Å². The van der Waals surface area contributed by atoms with Gasteiger partial charge in [-0.3, -0.25) is 9.59 Å². The SMILES string of the molecule is CCC(N)CC(=O)NCC1CCC(=O)N1. The van der Waals surface area contributed by atoms with Crippen LogP contribution in [-0.2, 0) is 9.59 Å². The van der Waals surface area contributed by atoms with Crippen LogP contribution in [0.1, 0.15) is 32.6 Å². The molecular weight excluding hydrogens is 194 g/mol. The molecule has 0 aromatic carbocycles. The van der Waals surface area contributed by atoms with E-state index in [-0.39, 0.29) is 23.9 Å². The zero-order valence-corrected chi connectivity index (χ0v) is 9.08. The van der Waals surface area contributed by atoms with Crippen LogP contribution in [0, 0.1) is 0 Å². The summed E-state index contributed by atoms with van der Waals surface area (Å²) in [5.41, 5.74) is 5.65. The third kappa shape index (κ3) is 4.29. The molecule has 0 spiro atoms. The first-order chi connectivity index (χ1) is 7.11. The molecule has 1 aliphatic rings. The van der Waals surface area contributed by atoms with E-state index in [1.54, 1.807) is 0 Å². The van der Waals surface area contributed by atoms with Crippen molar-refractivity contribution >= 4 is 11.8 Å². The minimum atomic E-state index is -0.0665. The molecule has 1 heterocycles. The normalized spacial score (nSPS) is 22.3. The molecule has 0 aromatic rings. The molecule has 0 bridgehead atoms. The molecule has 4 N–H and O–H groups in total. The predicted molar refractivity (Wildman–Crippen MR) is 57.1 cm³/mol. The number of nitrogens with one attached hydrogen (secondary N) is 2. The molecule has 1 saturated heterocycles. The van der Waals surface area contributed by atoms with Gasteiger partial charge < -0.3 is 16.4 Å². The van der Waals surface area contributed by atoms with Crippen LogP contribution in [0.3, 0.4) is 0 Å². The van der Waals surface area contributed by atoms with Gasteiger partial charge in [0, 0.05) is 31.5 Å². The predicted octanol–water partition coefficient (Wildman–Crippen LogP) is -0.491. The molecule has 5 heteroatoms. The molecule has 0 aliphatic carbocycles. The molecule has 2 unspecified atom stereocenters. The highest BCUT2D eigenvalue weighted by molar-refractivity contribution is 5.79. The lowest BCUT2D eigenvalue weighted by molar-refractivity contribution is -0.122. The minimum absolute atomic E-state index is 0.0366. The first-order valence-corrected chi connectivity index (χ1v) is 5.43. The Kier molecular flexibility index (Phi) is 4.55. The highest BCUT2D eigenvalue weighted by Crippen LogP contribution is 2.05. The van der Waals surface area contributed by atoms with Crippen molar-refractivity contribution in [3.63, 3.8) is 0 Å². The van der Waals surface area contributed by atoms with Gasteiger partial charge in [-0.05, 0) is 12.8 Å². The number of carbonyl (C=O) groups is 2. The van der Waals surface area contributed by atoms with E-state index in [4.69, 9.17) is 5.73 Å². The fraction of sp³-hybridized carbons (Fsp3) is 0.800. The molecule has 1 aliphatic heterocycles. The van der Waals surface area contributed by atoms with Crippen LogP contribution in [0.15, 0.2) is 0 Å². The summed E-state index contributed by atoms with van der Waals surface area (Å²) in [7, 11) is 0. The van der Waals surface area contributed by atoms with Crippen LogP contribution in [0.4, 0.5) is 0 Å². The van der Waals surface area contributed by atoms with Crippen molar-refractivity contribution in [3.05, 3.63) is 0 Å². The Morgan fingerprint density at radius 1 is 1.73 bits per heavy atom. The van der Waals surface area contributed by atoms with E-state index in [0.29, 0.717) is 19.4 Å². The van der Waals surface area contributed by atoms with Gasteiger partial charge in [-0.25, -0.2) is 0 Å². The van der Waals surface area contributed by atoms with E-state index < -0.39 is 0 Å². The third-order valence-electron chi connectivity index (χ3n) is 2.60. The average molecular weight is 213 g/mol. The van der Waals surface area contributed by atoms with Crippen LogP contribution in [0.2, 0.25) is 0 Å². The van der Waals surface area contributed by atoms with Gasteiger partial charge in [-0.15, -0.1) is 0 Å². The molecule has 0 saturated carbocycles. The van der Waals surface area contributed by atoms with Gasteiger partial charge in [0.15, 0.2) is 0 Å². The Morgan fingerprint density at radius 3 is 3.00 bits per heavy atom. The van der Waals surface area contributed by atoms with Crippen molar-refractivity contribution in [3.8, 4) is 0 Å². The largest absolute Gasteiger partial charge is 0.354 e. The third-order valence-corrected chi connectivity index (χ3v) is 2.60. The van der Waals surface area contributed by atoms with Crippen molar-refractivity contribution in [1.29, 1.82) is 0 Å². The zero-order valence-electron chi connectivity index (χ0n) is 9.08. The molecule has 15 heavy (non-hydrogen) atoms. The maximum atomic E-state index is 11.3. The van der Waals surface area contributed by atoms with Gasteiger partial charge in [-0.1, -0.05) is 6.92 Å². The number of hydrogen-bond donors (Lipinski definition) is 3. The second kappa shape index (κ2) is 5.70. The summed E-state index contributed by atoms with van der Waals surface area (Å²) in [6.45, 7) is 2.47. The average Bonchev–Trinajstić information content (AvgIpc) is 2.61. The lowest BCUT2D eigenvalue weighted by Gasteiger charge is -2.13. The Morgan fingerprint density at radius 2 is 2.47 bits per heavy atom. The van der Waals surface area contributed by atoms with Gasteiger partial charge in [0.05, 0.1) is 0 Å². The van der Waals surface area contributed by atoms with E-state index in [1.807, 2.05) is 6.92 Å². The van der Waals surface area contributed by atoms with Crippen molar-refractivity contribution in [2.45, 2.75) is 44.7 Å². The lowest BCUT2D eigenvalue weighted by atomic mass is 10.1. The molecule has 2 amide bonds. The second-order valence-corrected chi connectivity index (χ2v) is 3.98. The standard InChI is InChI=1S/C10H19N3O2/c1-2-7(11)5-10(15)12-6-8-3-4-9(14)13-8/h7-8H,2-6,11H2,1H3,(H,12,15)(H,13,14). The number of nitrogens with two attached hydrogens (primary N) is 1. The maximum Gasteiger partial charge on any atom is 0.221 e. The number of carbonyl (C=O) groups excluding carboxylic acids is 2. The van der Waals surface area contributed by atoms with E-state index in [1.165, 1.54) is 0 Å². The van der Waals surface area contributed by atoms with Crippen LogP contribution in [-0.4, -0.2) is 30.4 Å². The van der Waals surface area contributed by atoms with E-state index in [9.17, 15) is 9.59 Å². The number of hydrogen-bond acceptors (Lipinski definition) is 3. The zero-order chi connectivity index (χ0) is 11.3. The van der Waals surface area contributed by atoms with Crippen LogP contribution < -0.4 is 16.4 Å². The van der Waals surface area contributed by atoms with Crippen molar-refractivity contribution in [2.24, 2.45) is 5.73 Å². The molecular formula is C10H19N3O2. The van der Waals surface area contributed by atoms with E-state index >= 15 is 0 Å². The summed E-state index contributed by atoms with van der Waals surface area (Å²) in [6, 6.07) is 0.0301. The lowest BCUT2D eigenvalue weighted by Crippen LogP contribution is -2.40. The highest BCUT2D eigenvalue weighted by Gasteiger charge is 2.20. The van der Waals surface area contributed by atoms with Crippen LogP contribution in [0.25, 0.3) is 0 Å². The van der Waals surface area contributed by atoms with Crippen molar-refractivity contribution in [1.82, 2.24) is 10.6 Å². The first-order valence-electron chi connectivity index (χ1n) is 5.43. The fourth-order valence-corrected chi connectivity index (χ4v) is 1.52. The molecule has 1 rings (SSSR count). The minimum Gasteiger partial charge on any atom is -0.354 e. The van der Waals surface area contributed by atoms with Gasteiger partial charge in [0.25, 0.3) is 0 Å². The molecule has 1 fully saturated rings. The first kappa shape index (κ1) is 12.0. The van der Waals surface area contributed by atoms with Gasteiger partial charge >= 0.3 is 0 Å². The summed E-state index contributed by atoms with van der Waals surface area (Å²) in [4.78, 5) is 22.2. The molecule has 2 atom stereocenters.